The van der Waals surface area contributed by atoms with Crippen LogP contribution in [0.15, 0.2) is 48.5 Å². The van der Waals surface area contributed by atoms with Crippen LogP contribution in [0.1, 0.15) is 29.3 Å². The Balaban J connectivity index is 1.41. The lowest BCUT2D eigenvalue weighted by atomic mass is 10.1. The number of piperazine rings is 1. The summed E-state index contributed by atoms with van der Waals surface area (Å²) < 4.78 is 5.48. The van der Waals surface area contributed by atoms with E-state index in [2.05, 4.69) is 46.3 Å². The van der Waals surface area contributed by atoms with Crippen LogP contribution >= 0.6 is 0 Å². The first-order valence-electron chi connectivity index (χ1n) is 10.2. The molecule has 0 spiro atoms. The van der Waals surface area contributed by atoms with Gasteiger partial charge < -0.3 is 15.0 Å². The molecule has 3 rings (SSSR count). The maximum absolute atomic E-state index is 12.3. The summed E-state index contributed by atoms with van der Waals surface area (Å²) in [5, 5.41) is 3.04. The van der Waals surface area contributed by atoms with Crippen LogP contribution in [0.25, 0.3) is 0 Å². The minimum atomic E-state index is 0.00991. The highest BCUT2D eigenvalue weighted by molar-refractivity contribution is 5.94. The number of nitrogens with one attached hydrogen (secondary N) is 1. The van der Waals surface area contributed by atoms with E-state index < -0.39 is 0 Å². The van der Waals surface area contributed by atoms with Gasteiger partial charge in [-0.1, -0.05) is 37.6 Å². The van der Waals surface area contributed by atoms with Crippen LogP contribution in [0.3, 0.4) is 0 Å². The number of anilines is 1. The highest BCUT2D eigenvalue weighted by Gasteiger charge is 2.19. The van der Waals surface area contributed by atoms with Crippen molar-refractivity contribution in [3.05, 3.63) is 59.7 Å². The number of carbonyl (C=O) groups is 1. The van der Waals surface area contributed by atoms with Crippen LogP contribution in [0.4, 0.5) is 5.69 Å². The summed E-state index contributed by atoms with van der Waals surface area (Å²) in [6.07, 6.45) is 2.18. The second-order valence-corrected chi connectivity index (χ2v) is 7.20. The smallest absolute Gasteiger partial charge is 0.251 e. The molecule has 0 aliphatic carbocycles. The molecule has 1 N–H and O–H groups in total. The second kappa shape index (κ2) is 10.1. The average molecular weight is 382 g/mol. The maximum atomic E-state index is 12.3. The number of benzene rings is 2. The average Bonchev–Trinajstić information content (AvgIpc) is 2.75. The SMILES string of the molecule is CCCc1ccc(C(=O)NCCN2CCN(c3ccccc3OC)CC2)cc1. The summed E-state index contributed by atoms with van der Waals surface area (Å²) in [6, 6.07) is 16.1. The van der Waals surface area contributed by atoms with Crippen molar-refractivity contribution < 1.29 is 9.53 Å². The monoisotopic (exact) mass is 381 g/mol. The molecule has 1 amide bonds. The van der Waals surface area contributed by atoms with E-state index in [0.717, 1.165) is 62.6 Å². The van der Waals surface area contributed by atoms with Crippen LogP contribution < -0.4 is 15.0 Å². The number of rotatable bonds is 8. The number of carbonyl (C=O) groups excluding carboxylic acids is 1. The molecular formula is C23H31N3O2. The minimum Gasteiger partial charge on any atom is -0.495 e. The van der Waals surface area contributed by atoms with E-state index >= 15 is 0 Å². The zero-order valence-corrected chi connectivity index (χ0v) is 17.0. The molecule has 2 aromatic rings. The van der Waals surface area contributed by atoms with E-state index in [1.54, 1.807) is 7.11 Å². The van der Waals surface area contributed by atoms with Gasteiger partial charge in [-0.15, -0.1) is 0 Å². The Hall–Kier alpha value is -2.53. The highest BCUT2D eigenvalue weighted by Crippen LogP contribution is 2.28. The molecule has 5 nitrogen and oxygen atoms in total. The van der Waals surface area contributed by atoms with Gasteiger partial charge in [0, 0.05) is 44.8 Å². The van der Waals surface area contributed by atoms with E-state index in [1.807, 2.05) is 24.3 Å². The molecule has 0 aromatic heterocycles. The first-order valence-corrected chi connectivity index (χ1v) is 10.2. The van der Waals surface area contributed by atoms with E-state index in [9.17, 15) is 4.79 Å². The third-order valence-electron chi connectivity index (χ3n) is 5.27. The first kappa shape index (κ1) is 20.2. The van der Waals surface area contributed by atoms with E-state index in [0.29, 0.717) is 6.54 Å². The summed E-state index contributed by atoms with van der Waals surface area (Å²) in [5.74, 6) is 0.934. The van der Waals surface area contributed by atoms with E-state index in [4.69, 9.17) is 4.74 Å². The van der Waals surface area contributed by atoms with Crippen molar-refractivity contribution in [2.24, 2.45) is 0 Å². The topological polar surface area (TPSA) is 44.8 Å². The van der Waals surface area contributed by atoms with Crippen molar-refractivity contribution >= 4 is 11.6 Å². The molecule has 0 bridgehead atoms. The lowest BCUT2D eigenvalue weighted by Gasteiger charge is -2.36. The Morgan fingerprint density at radius 2 is 1.75 bits per heavy atom. The number of para-hydroxylation sites is 2. The number of nitrogens with zero attached hydrogens (tertiary/aromatic N) is 2. The summed E-state index contributed by atoms with van der Waals surface area (Å²) in [6.45, 7) is 7.61. The van der Waals surface area contributed by atoms with Crippen LogP contribution in [0.5, 0.6) is 5.75 Å². The van der Waals surface area contributed by atoms with Crippen LogP contribution in [0, 0.1) is 0 Å². The van der Waals surface area contributed by atoms with Crippen molar-refractivity contribution in [3.63, 3.8) is 0 Å². The molecule has 150 valence electrons. The molecule has 28 heavy (non-hydrogen) atoms. The Morgan fingerprint density at radius 1 is 1.04 bits per heavy atom. The summed E-state index contributed by atoms with van der Waals surface area (Å²) in [7, 11) is 1.72. The molecular weight excluding hydrogens is 350 g/mol. The number of amides is 1. The van der Waals surface area contributed by atoms with E-state index in [-0.39, 0.29) is 5.91 Å². The van der Waals surface area contributed by atoms with Gasteiger partial charge in [-0.05, 0) is 36.2 Å². The Labute approximate surface area is 168 Å². The lowest BCUT2D eigenvalue weighted by Crippen LogP contribution is -2.48. The standard InChI is InChI=1S/C23H31N3O2/c1-3-6-19-9-11-20(12-10-19)23(27)24-13-14-25-15-17-26(18-16-25)21-7-4-5-8-22(21)28-2/h4-5,7-12H,3,6,13-18H2,1-2H3,(H,24,27). The molecule has 1 aliphatic heterocycles. The Kier molecular flexibility index (Phi) is 7.31. The third-order valence-corrected chi connectivity index (χ3v) is 5.27. The fourth-order valence-electron chi connectivity index (χ4n) is 3.64. The maximum Gasteiger partial charge on any atom is 0.251 e. The zero-order chi connectivity index (χ0) is 19.8. The fraction of sp³-hybridized carbons (Fsp3) is 0.435. The fourth-order valence-corrected chi connectivity index (χ4v) is 3.64. The molecule has 0 saturated carbocycles. The molecule has 1 aliphatic rings. The number of hydrogen-bond acceptors (Lipinski definition) is 4. The van der Waals surface area contributed by atoms with Gasteiger partial charge in [0.15, 0.2) is 0 Å². The molecule has 1 heterocycles. The minimum absolute atomic E-state index is 0.00991. The van der Waals surface area contributed by atoms with Gasteiger partial charge in [0.1, 0.15) is 5.75 Å². The Morgan fingerprint density at radius 3 is 2.43 bits per heavy atom. The van der Waals surface area contributed by atoms with Gasteiger partial charge in [0.25, 0.3) is 5.91 Å². The second-order valence-electron chi connectivity index (χ2n) is 7.20. The molecule has 5 heteroatoms. The van der Waals surface area contributed by atoms with Crippen molar-refractivity contribution in [2.75, 3.05) is 51.3 Å². The number of ether oxygens (including phenoxy) is 1. The van der Waals surface area contributed by atoms with Crippen molar-refractivity contribution in [3.8, 4) is 5.75 Å². The van der Waals surface area contributed by atoms with Gasteiger partial charge in [-0.3, -0.25) is 9.69 Å². The predicted molar refractivity (Wildman–Crippen MR) is 114 cm³/mol. The van der Waals surface area contributed by atoms with Crippen molar-refractivity contribution in [2.45, 2.75) is 19.8 Å². The molecule has 0 radical (unpaired) electrons. The number of hydrogen-bond donors (Lipinski definition) is 1. The first-order chi connectivity index (χ1) is 13.7. The zero-order valence-electron chi connectivity index (χ0n) is 17.0. The van der Waals surface area contributed by atoms with Gasteiger partial charge in [-0.2, -0.15) is 0 Å². The largest absolute Gasteiger partial charge is 0.495 e. The quantitative estimate of drug-likeness (QED) is 0.763. The molecule has 2 aromatic carbocycles. The van der Waals surface area contributed by atoms with Crippen LogP contribution in [-0.4, -0.2) is 57.2 Å². The molecule has 1 saturated heterocycles. The lowest BCUT2D eigenvalue weighted by molar-refractivity contribution is 0.0947. The van der Waals surface area contributed by atoms with Crippen LogP contribution in [-0.2, 0) is 6.42 Å². The van der Waals surface area contributed by atoms with Crippen molar-refractivity contribution in [1.82, 2.24) is 10.2 Å². The predicted octanol–water partition coefficient (Wildman–Crippen LogP) is 3.20. The number of aryl methyl sites for hydroxylation is 1. The van der Waals surface area contributed by atoms with Gasteiger partial charge in [-0.25, -0.2) is 0 Å². The normalized spacial score (nSPS) is 14.7. The van der Waals surface area contributed by atoms with Gasteiger partial charge in [0.2, 0.25) is 0 Å². The highest BCUT2D eigenvalue weighted by atomic mass is 16.5. The van der Waals surface area contributed by atoms with Gasteiger partial charge in [0.05, 0.1) is 12.8 Å². The third kappa shape index (κ3) is 5.26. The summed E-state index contributed by atoms with van der Waals surface area (Å²) in [4.78, 5) is 17.1. The number of methoxy groups -OCH3 is 1. The van der Waals surface area contributed by atoms with Crippen LogP contribution in [0.2, 0.25) is 0 Å². The Bertz CT molecular complexity index is 753. The summed E-state index contributed by atoms with van der Waals surface area (Å²) >= 11 is 0. The van der Waals surface area contributed by atoms with Gasteiger partial charge >= 0.3 is 0 Å². The molecule has 0 unspecified atom stereocenters. The molecule has 0 atom stereocenters. The van der Waals surface area contributed by atoms with E-state index in [1.165, 1.54) is 5.56 Å². The summed E-state index contributed by atoms with van der Waals surface area (Å²) in [5.41, 5.74) is 3.18. The van der Waals surface area contributed by atoms with Crippen molar-refractivity contribution in [1.29, 1.82) is 0 Å². The molecule has 1 fully saturated rings.